The maximum atomic E-state index is 12.4. The number of nitrogens with zero attached hydrogens (tertiary/aromatic N) is 2. The summed E-state index contributed by atoms with van der Waals surface area (Å²) in [6.07, 6.45) is 3.30. The molecule has 0 aliphatic heterocycles. The van der Waals surface area contributed by atoms with E-state index in [2.05, 4.69) is 20.3 Å². The largest absolute Gasteiger partial charge is 0.347 e. The Hall–Kier alpha value is -2.50. The highest BCUT2D eigenvalue weighted by Gasteiger charge is 2.27. The van der Waals surface area contributed by atoms with Crippen LogP contribution in [-0.2, 0) is 4.79 Å². The summed E-state index contributed by atoms with van der Waals surface area (Å²) in [6, 6.07) is 4.71. The molecule has 0 saturated carbocycles. The molecule has 0 bridgehead atoms. The molecule has 6 heteroatoms. The Bertz CT molecular complexity index is 761. The van der Waals surface area contributed by atoms with Gasteiger partial charge in [0.1, 0.15) is 5.82 Å². The van der Waals surface area contributed by atoms with E-state index in [4.69, 9.17) is 0 Å². The molecule has 2 aromatic rings. The average Bonchev–Trinajstić information content (AvgIpc) is 2.51. The van der Waals surface area contributed by atoms with E-state index in [-0.39, 0.29) is 23.4 Å². The fourth-order valence-electron chi connectivity index (χ4n) is 2.22. The Morgan fingerprint density at radius 1 is 1.29 bits per heavy atom. The number of carbonyl (C=O) groups is 1. The summed E-state index contributed by atoms with van der Waals surface area (Å²) in [4.78, 5) is 35.7. The van der Waals surface area contributed by atoms with Crippen molar-refractivity contribution in [1.82, 2.24) is 20.3 Å². The van der Waals surface area contributed by atoms with Gasteiger partial charge in [-0.25, -0.2) is 4.98 Å². The van der Waals surface area contributed by atoms with Crippen LogP contribution in [0.25, 0.3) is 11.4 Å². The molecule has 0 fully saturated rings. The third kappa shape index (κ3) is 4.28. The van der Waals surface area contributed by atoms with Gasteiger partial charge in [0.05, 0.1) is 11.7 Å². The zero-order valence-electron chi connectivity index (χ0n) is 14.8. The van der Waals surface area contributed by atoms with Crippen molar-refractivity contribution in [2.24, 2.45) is 11.3 Å². The fraction of sp³-hybridized carbons (Fsp3) is 0.444. The molecule has 1 atom stereocenters. The molecule has 2 rings (SSSR count). The molecule has 128 valence electrons. The number of pyridine rings is 1. The van der Waals surface area contributed by atoms with Crippen LogP contribution < -0.4 is 10.9 Å². The van der Waals surface area contributed by atoms with Crippen LogP contribution in [0, 0.1) is 11.3 Å². The van der Waals surface area contributed by atoms with Gasteiger partial charge in [0.15, 0.2) is 0 Å². The van der Waals surface area contributed by atoms with E-state index in [1.807, 2.05) is 40.7 Å². The predicted octanol–water partition coefficient (Wildman–Crippen LogP) is 2.69. The van der Waals surface area contributed by atoms with Crippen LogP contribution in [0.1, 0.15) is 46.4 Å². The highest BCUT2D eigenvalue weighted by molar-refractivity contribution is 5.81. The van der Waals surface area contributed by atoms with E-state index in [9.17, 15) is 9.59 Å². The van der Waals surface area contributed by atoms with Gasteiger partial charge in [-0.2, -0.15) is 0 Å². The minimum Gasteiger partial charge on any atom is -0.347 e. The van der Waals surface area contributed by atoms with E-state index >= 15 is 0 Å². The number of aromatic nitrogens is 3. The minimum absolute atomic E-state index is 0.0776. The molecule has 2 aromatic heterocycles. The number of hydrogen-bond donors (Lipinski definition) is 2. The van der Waals surface area contributed by atoms with Gasteiger partial charge in [-0.15, -0.1) is 0 Å². The number of hydrogen-bond acceptors (Lipinski definition) is 4. The normalized spacial score (nSPS) is 12.9. The number of H-pyrrole nitrogens is 1. The van der Waals surface area contributed by atoms with Crippen molar-refractivity contribution in [1.29, 1.82) is 0 Å². The molecule has 0 aliphatic rings. The molecule has 24 heavy (non-hydrogen) atoms. The van der Waals surface area contributed by atoms with Crippen molar-refractivity contribution in [3.05, 3.63) is 46.6 Å². The van der Waals surface area contributed by atoms with E-state index in [1.165, 1.54) is 6.07 Å². The minimum atomic E-state index is -0.513. The molecule has 0 unspecified atom stereocenters. The van der Waals surface area contributed by atoms with Crippen molar-refractivity contribution in [2.75, 3.05) is 0 Å². The number of rotatable bonds is 4. The lowest BCUT2D eigenvalue weighted by Crippen LogP contribution is -2.40. The molecular weight excluding hydrogens is 304 g/mol. The highest BCUT2D eigenvalue weighted by Crippen LogP contribution is 2.23. The van der Waals surface area contributed by atoms with E-state index < -0.39 is 5.41 Å². The fourth-order valence-corrected chi connectivity index (χ4v) is 2.22. The summed E-state index contributed by atoms with van der Waals surface area (Å²) in [5.74, 6) is 0.458. The van der Waals surface area contributed by atoms with Gasteiger partial charge >= 0.3 is 0 Å². The second-order valence-corrected chi connectivity index (χ2v) is 7.21. The van der Waals surface area contributed by atoms with Gasteiger partial charge in [0.2, 0.25) is 5.91 Å². The Morgan fingerprint density at radius 2 is 2.00 bits per heavy atom. The van der Waals surface area contributed by atoms with Crippen LogP contribution in [0.2, 0.25) is 0 Å². The van der Waals surface area contributed by atoms with Crippen LogP contribution in [0.3, 0.4) is 0 Å². The predicted molar refractivity (Wildman–Crippen MR) is 93.3 cm³/mol. The van der Waals surface area contributed by atoms with Crippen LogP contribution in [0.4, 0.5) is 0 Å². The van der Waals surface area contributed by atoms with Gasteiger partial charge in [0.25, 0.3) is 5.56 Å². The van der Waals surface area contributed by atoms with Crippen LogP contribution in [0.15, 0.2) is 35.4 Å². The number of carbonyl (C=O) groups excluding carboxylic acids is 1. The third-order valence-corrected chi connectivity index (χ3v) is 3.65. The zero-order chi connectivity index (χ0) is 17.9. The smallest absolute Gasteiger partial charge is 0.251 e. The quantitative estimate of drug-likeness (QED) is 0.903. The summed E-state index contributed by atoms with van der Waals surface area (Å²) >= 11 is 0. The lowest BCUT2D eigenvalue weighted by Gasteiger charge is -2.26. The Labute approximate surface area is 141 Å². The first-order chi connectivity index (χ1) is 11.2. The van der Waals surface area contributed by atoms with Crippen LogP contribution in [-0.4, -0.2) is 20.9 Å². The first-order valence-electron chi connectivity index (χ1n) is 8.01. The zero-order valence-corrected chi connectivity index (χ0v) is 14.8. The molecule has 0 aromatic carbocycles. The lowest BCUT2D eigenvalue weighted by atomic mass is 9.93. The summed E-state index contributed by atoms with van der Waals surface area (Å²) in [5.41, 5.74) is 0.501. The number of amides is 1. The first-order valence-corrected chi connectivity index (χ1v) is 8.01. The Kier molecular flexibility index (Phi) is 5.17. The van der Waals surface area contributed by atoms with Gasteiger partial charge < -0.3 is 10.3 Å². The summed E-state index contributed by atoms with van der Waals surface area (Å²) < 4.78 is 0. The maximum absolute atomic E-state index is 12.4. The lowest BCUT2D eigenvalue weighted by molar-refractivity contribution is -0.129. The summed E-state index contributed by atoms with van der Waals surface area (Å²) in [7, 11) is 0. The third-order valence-electron chi connectivity index (χ3n) is 3.65. The topological polar surface area (TPSA) is 87.7 Å². The maximum Gasteiger partial charge on any atom is 0.251 e. The van der Waals surface area contributed by atoms with Crippen LogP contribution in [0.5, 0.6) is 0 Å². The molecule has 0 radical (unpaired) electrons. The summed E-state index contributed by atoms with van der Waals surface area (Å²) in [6.45, 7) is 9.53. The van der Waals surface area contributed by atoms with Gasteiger partial charge in [-0.3, -0.25) is 14.6 Å². The van der Waals surface area contributed by atoms with Gasteiger partial charge in [-0.1, -0.05) is 34.6 Å². The monoisotopic (exact) mass is 328 g/mol. The van der Waals surface area contributed by atoms with Crippen LogP contribution >= 0.6 is 0 Å². The molecule has 2 heterocycles. The molecule has 1 amide bonds. The first kappa shape index (κ1) is 17.8. The standard InChI is InChI=1S/C18H24N4O2/c1-11(2)15(22-17(24)18(3,4)5)13-9-14(23)21-16(20-13)12-7-6-8-19-10-12/h6-11,15H,1-5H3,(H,22,24)(H,20,21,23)/t15-/m0/s1. The second-order valence-electron chi connectivity index (χ2n) is 7.21. The van der Waals surface area contributed by atoms with Crippen molar-refractivity contribution in [3.8, 4) is 11.4 Å². The molecular formula is C18H24N4O2. The van der Waals surface area contributed by atoms with E-state index in [0.29, 0.717) is 11.5 Å². The Balaban J connectivity index is 2.43. The van der Waals surface area contributed by atoms with Crippen molar-refractivity contribution >= 4 is 5.91 Å². The molecule has 2 N–H and O–H groups in total. The number of aromatic amines is 1. The Morgan fingerprint density at radius 3 is 2.54 bits per heavy atom. The average molecular weight is 328 g/mol. The van der Waals surface area contributed by atoms with Crippen molar-refractivity contribution in [3.63, 3.8) is 0 Å². The summed E-state index contributed by atoms with van der Waals surface area (Å²) in [5, 5.41) is 3.01. The molecule has 0 aliphatic carbocycles. The SMILES string of the molecule is CC(C)[C@H](NC(=O)C(C)(C)C)c1cc(=O)[nH]c(-c2cccnc2)n1. The van der Waals surface area contributed by atoms with Crippen molar-refractivity contribution in [2.45, 2.75) is 40.7 Å². The van der Waals surface area contributed by atoms with Gasteiger partial charge in [0, 0.05) is 29.4 Å². The second kappa shape index (κ2) is 6.95. The molecule has 0 saturated heterocycles. The van der Waals surface area contributed by atoms with E-state index in [1.54, 1.807) is 18.5 Å². The van der Waals surface area contributed by atoms with Crippen molar-refractivity contribution < 1.29 is 4.79 Å². The molecule has 6 nitrogen and oxygen atoms in total. The number of nitrogens with one attached hydrogen (secondary N) is 2. The van der Waals surface area contributed by atoms with Gasteiger partial charge in [-0.05, 0) is 18.1 Å². The highest BCUT2D eigenvalue weighted by atomic mass is 16.2. The van der Waals surface area contributed by atoms with E-state index in [0.717, 1.165) is 5.56 Å². The molecule has 0 spiro atoms.